The molecule has 4 nitrogen and oxygen atoms in total. The molecule has 0 spiro atoms. The van der Waals surface area contributed by atoms with Gasteiger partial charge in [0.05, 0.1) is 5.75 Å². The van der Waals surface area contributed by atoms with E-state index < -0.39 is 10.0 Å². The zero-order valence-electron chi connectivity index (χ0n) is 12.3. The van der Waals surface area contributed by atoms with Crippen LogP contribution >= 0.6 is 0 Å². The van der Waals surface area contributed by atoms with E-state index >= 15 is 0 Å². The second-order valence-corrected chi connectivity index (χ2v) is 7.58. The van der Waals surface area contributed by atoms with E-state index in [4.69, 9.17) is 5.73 Å². The van der Waals surface area contributed by atoms with Crippen molar-refractivity contribution in [2.45, 2.75) is 50.4 Å². The number of rotatable bonds is 5. The van der Waals surface area contributed by atoms with Gasteiger partial charge in [0.25, 0.3) is 0 Å². The fourth-order valence-electron chi connectivity index (χ4n) is 2.95. The summed E-state index contributed by atoms with van der Waals surface area (Å²) in [6.07, 6.45) is 3.37. The number of nitrogens with two attached hydrogens (primary N) is 1. The van der Waals surface area contributed by atoms with Crippen molar-refractivity contribution in [2.24, 2.45) is 5.73 Å². The molecule has 0 bridgehead atoms. The fraction of sp³-hybridized carbons (Fsp3) is 0.600. The zero-order valence-corrected chi connectivity index (χ0v) is 13.2. The first-order valence-electron chi connectivity index (χ1n) is 7.42. The lowest BCUT2D eigenvalue weighted by Crippen LogP contribution is -2.44. The van der Waals surface area contributed by atoms with Crippen molar-refractivity contribution in [1.29, 1.82) is 0 Å². The number of nitrogens with zero attached hydrogens (tertiary/aromatic N) is 1. The summed E-state index contributed by atoms with van der Waals surface area (Å²) in [4.78, 5) is 0. The number of hydrogen-bond acceptors (Lipinski definition) is 3. The van der Waals surface area contributed by atoms with Gasteiger partial charge in [-0.1, -0.05) is 19.1 Å². The molecule has 21 heavy (non-hydrogen) atoms. The Labute approximate surface area is 126 Å². The molecular weight excluding hydrogens is 291 g/mol. The predicted octanol–water partition coefficient (Wildman–Crippen LogP) is 2.25. The first-order chi connectivity index (χ1) is 9.92. The molecular formula is C15H23FN2O2S. The molecule has 2 N–H and O–H groups in total. The van der Waals surface area contributed by atoms with Crippen molar-refractivity contribution in [3.8, 4) is 0 Å². The first-order valence-corrected chi connectivity index (χ1v) is 9.03. The van der Waals surface area contributed by atoms with E-state index in [0.717, 1.165) is 25.7 Å². The van der Waals surface area contributed by atoms with Gasteiger partial charge in [-0.05, 0) is 43.4 Å². The lowest BCUT2D eigenvalue weighted by molar-refractivity contribution is 0.247. The topological polar surface area (TPSA) is 63.4 Å². The number of hydrogen-bond donors (Lipinski definition) is 1. The SMILES string of the molecule is CCN(C1CCC(N)CC1)S(=O)(=O)Cc1ccc(F)cc1. The molecule has 0 atom stereocenters. The highest BCUT2D eigenvalue weighted by atomic mass is 32.2. The summed E-state index contributed by atoms with van der Waals surface area (Å²) in [5.74, 6) is -0.436. The lowest BCUT2D eigenvalue weighted by atomic mass is 9.92. The summed E-state index contributed by atoms with van der Waals surface area (Å²) in [6.45, 7) is 2.32. The Kier molecular flexibility index (Phi) is 5.35. The van der Waals surface area contributed by atoms with Crippen LogP contribution in [0.5, 0.6) is 0 Å². The van der Waals surface area contributed by atoms with Gasteiger partial charge in [0.1, 0.15) is 5.82 Å². The summed E-state index contributed by atoms with van der Waals surface area (Å²) in [5, 5.41) is 0. The molecule has 6 heteroatoms. The highest BCUT2D eigenvalue weighted by Gasteiger charge is 2.31. The first kappa shape index (κ1) is 16.4. The van der Waals surface area contributed by atoms with E-state index in [1.807, 2.05) is 6.92 Å². The molecule has 0 aromatic heterocycles. The Balaban J connectivity index is 2.10. The molecule has 1 fully saturated rings. The minimum atomic E-state index is -3.39. The van der Waals surface area contributed by atoms with Crippen molar-refractivity contribution in [2.75, 3.05) is 6.54 Å². The monoisotopic (exact) mass is 314 g/mol. The summed E-state index contributed by atoms with van der Waals surface area (Å²) >= 11 is 0. The zero-order chi connectivity index (χ0) is 15.5. The number of benzene rings is 1. The third kappa shape index (κ3) is 4.25. The summed E-state index contributed by atoms with van der Waals surface area (Å²) in [6, 6.07) is 5.87. The minimum Gasteiger partial charge on any atom is -0.328 e. The van der Waals surface area contributed by atoms with Crippen LogP contribution in [0, 0.1) is 5.82 Å². The third-order valence-corrected chi connectivity index (χ3v) is 6.05. The summed E-state index contributed by atoms with van der Waals surface area (Å²) in [7, 11) is -3.39. The fourth-order valence-corrected chi connectivity index (χ4v) is 4.78. The van der Waals surface area contributed by atoms with E-state index in [1.54, 1.807) is 4.31 Å². The van der Waals surface area contributed by atoms with E-state index in [1.165, 1.54) is 24.3 Å². The molecule has 1 saturated carbocycles. The highest BCUT2D eigenvalue weighted by Crippen LogP contribution is 2.25. The van der Waals surface area contributed by atoms with Crippen molar-refractivity contribution < 1.29 is 12.8 Å². The predicted molar refractivity (Wildman–Crippen MR) is 81.6 cm³/mol. The number of halogens is 1. The molecule has 1 aliphatic carbocycles. The highest BCUT2D eigenvalue weighted by molar-refractivity contribution is 7.88. The van der Waals surface area contributed by atoms with Gasteiger partial charge in [0.15, 0.2) is 0 Å². The van der Waals surface area contributed by atoms with E-state index in [0.29, 0.717) is 12.1 Å². The quantitative estimate of drug-likeness (QED) is 0.906. The molecule has 1 aliphatic rings. The molecule has 0 aliphatic heterocycles. The minimum absolute atomic E-state index is 0.0419. The van der Waals surface area contributed by atoms with Gasteiger partial charge in [-0.25, -0.2) is 12.8 Å². The molecule has 0 amide bonds. The van der Waals surface area contributed by atoms with Crippen LogP contribution in [0.1, 0.15) is 38.2 Å². The van der Waals surface area contributed by atoms with Gasteiger partial charge >= 0.3 is 0 Å². The molecule has 1 aromatic rings. The Hall–Kier alpha value is -0.980. The average molecular weight is 314 g/mol. The summed E-state index contributed by atoms with van der Waals surface area (Å²) < 4.78 is 39.7. The molecule has 0 radical (unpaired) electrons. The van der Waals surface area contributed by atoms with Crippen LogP contribution in [0.3, 0.4) is 0 Å². The molecule has 2 rings (SSSR count). The van der Waals surface area contributed by atoms with Crippen LogP contribution in [0.2, 0.25) is 0 Å². The van der Waals surface area contributed by atoms with Gasteiger partial charge in [0, 0.05) is 18.6 Å². The largest absolute Gasteiger partial charge is 0.328 e. The van der Waals surface area contributed by atoms with Gasteiger partial charge in [-0.15, -0.1) is 0 Å². The van der Waals surface area contributed by atoms with E-state index in [2.05, 4.69) is 0 Å². The van der Waals surface area contributed by atoms with Crippen LogP contribution in [-0.4, -0.2) is 31.4 Å². The Bertz CT molecular complexity index is 552. The van der Waals surface area contributed by atoms with Crippen molar-refractivity contribution in [1.82, 2.24) is 4.31 Å². The van der Waals surface area contributed by atoms with Gasteiger partial charge in [-0.3, -0.25) is 0 Å². The Morgan fingerprint density at radius 1 is 1.19 bits per heavy atom. The standard InChI is InChI=1S/C15H23FN2O2S/c1-2-18(15-9-7-14(17)8-10-15)21(19,20)11-12-3-5-13(16)6-4-12/h3-6,14-15H,2,7-11,17H2,1H3. The third-order valence-electron chi connectivity index (χ3n) is 4.08. The van der Waals surface area contributed by atoms with Crippen LogP contribution in [0.15, 0.2) is 24.3 Å². The summed E-state index contributed by atoms with van der Waals surface area (Å²) in [5.41, 5.74) is 6.50. The van der Waals surface area contributed by atoms with Gasteiger partial charge in [-0.2, -0.15) is 4.31 Å². The van der Waals surface area contributed by atoms with Gasteiger partial charge in [0.2, 0.25) is 10.0 Å². The van der Waals surface area contributed by atoms with Crippen LogP contribution in [0.25, 0.3) is 0 Å². The molecule has 0 heterocycles. The van der Waals surface area contributed by atoms with E-state index in [9.17, 15) is 12.8 Å². The smallest absolute Gasteiger partial charge is 0.218 e. The van der Waals surface area contributed by atoms with E-state index in [-0.39, 0.29) is 23.7 Å². The Morgan fingerprint density at radius 3 is 2.29 bits per heavy atom. The maximum absolute atomic E-state index is 12.9. The maximum atomic E-state index is 12.9. The molecule has 0 unspecified atom stereocenters. The molecule has 1 aromatic carbocycles. The average Bonchev–Trinajstić information content (AvgIpc) is 2.44. The Morgan fingerprint density at radius 2 is 1.76 bits per heavy atom. The molecule has 0 saturated heterocycles. The molecule has 118 valence electrons. The lowest BCUT2D eigenvalue weighted by Gasteiger charge is -2.34. The van der Waals surface area contributed by atoms with Crippen molar-refractivity contribution in [3.05, 3.63) is 35.6 Å². The van der Waals surface area contributed by atoms with Crippen molar-refractivity contribution >= 4 is 10.0 Å². The van der Waals surface area contributed by atoms with Gasteiger partial charge < -0.3 is 5.73 Å². The normalized spacial score (nSPS) is 23.4. The van der Waals surface area contributed by atoms with Crippen molar-refractivity contribution in [3.63, 3.8) is 0 Å². The maximum Gasteiger partial charge on any atom is 0.218 e. The second-order valence-electron chi connectivity index (χ2n) is 5.65. The number of sulfonamides is 1. The van der Waals surface area contributed by atoms with Crippen LogP contribution < -0.4 is 5.73 Å². The van der Waals surface area contributed by atoms with Crippen LogP contribution in [0.4, 0.5) is 4.39 Å². The second kappa shape index (κ2) is 6.85. The van der Waals surface area contributed by atoms with Crippen LogP contribution in [-0.2, 0) is 15.8 Å².